The lowest BCUT2D eigenvalue weighted by atomic mass is 9.97. The molecule has 0 atom stereocenters. The first kappa shape index (κ1) is 17.0. The number of allylic oxidation sites excluding steroid dienone is 1. The predicted molar refractivity (Wildman–Crippen MR) is 81.8 cm³/mol. The average molecular weight is 290 g/mol. The maximum atomic E-state index is 12.1. The number of ether oxygens (including phenoxy) is 2. The zero-order valence-electron chi connectivity index (χ0n) is 13.3. The number of rotatable bonds is 5. The zero-order chi connectivity index (χ0) is 16.0. The van der Waals surface area contributed by atoms with Crippen molar-refractivity contribution in [3.05, 3.63) is 40.5 Å². The lowest BCUT2D eigenvalue weighted by Crippen LogP contribution is -2.19. The molecule has 0 aliphatic rings. The minimum Gasteiger partial charge on any atom is -0.462 e. The van der Waals surface area contributed by atoms with Crippen LogP contribution in [0.25, 0.3) is 5.57 Å². The van der Waals surface area contributed by atoms with Crippen molar-refractivity contribution in [3.8, 4) is 0 Å². The summed E-state index contributed by atoms with van der Waals surface area (Å²) in [7, 11) is 0. The van der Waals surface area contributed by atoms with E-state index in [4.69, 9.17) is 9.47 Å². The van der Waals surface area contributed by atoms with Crippen molar-refractivity contribution in [2.24, 2.45) is 0 Å². The fourth-order valence-corrected chi connectivity index (χ4v) is 2.13. The zero-order valence-corrected chi connectivity index (χ0v) is 13.3. The summed E-state index contributed by atoms with van der Waals surface area (Å²) >= 11 is 0. The number of aryl methyl sites for hydroxylation is 2. The highest BCUT2D eigenvalue weighted by atomic mass is 16.6. The van der Waals surface area contributed by atoms with Crippen LogP contribution >= 0.6 is 0 Å². The summed E-state index contributed by atoms with van der Waals surface area (Å²) in [5.41, 5.74) is 3.49. The Labute approximate surface area is 125 Å². The van der Waals surface area contributed by atoms with Crippen LogP contribution < -0.4 is 0 Å². The summed E-state index contributed by atoms with van der Waals surface area (Å²) in [6, 6.07) is 5.90. The molecule has 0 fully saturated rings. The van der Waals surface area contributed by atoms with E-state index in [-0.39, 0.29) is 18.8 Å². The number of benzene rings is 1. The van der Waals surface area contributed by atoms with E-state index >= 15 is 0 Å². The molecule has 0 unspecified atom stereocenters. The van der Waals surface area contributed by atoms with Gasteiger partial charge in [-0.15, -0.1) is 0 Å². The predicted octanol–water partition coefficient (Wildman–Crippen LogP) is 3.20. The molecule has 4 heteroatoms. The number of carbonyl (C=O) groups excluding carboxylic acids is 2. The third-order valence-electron chi connectivity index (χ3n) is 2.99. The molecule has 0 aromatic heterocycles. The number of hydrogen-bond acceptors (Lipinski definition) is 4. The van der Waals surface area contributed by atoms with E-state index < -0.39 is 11.9 Å². The standard InChI is InChI=1S/C17H22O4/c1-6-20-16(18)15(17(19)21-7-2)13(5)14-9-11(3)8-12(4)10-14/h8-10H,6-7H2,1-5H3. The van der Waals surface area contributed by atoms with E-state index in [0.717, 1.165) is 16.7 Å². The maximum absolute atomic E-state index is 12.1. The lowest BCUT2D eigenvalue weighted by molar-refractivity contribution is -0.146. The van der Waals surface area contributed by atoms with Crippen LogP contribution in [0, 0.1) is 13.8 Å². The Bertz CT molecular complexity index is 530. The summed E-state index contributed by atoms with van der Waals surface area (Å²) in [6.07, 6.45) is 0. The van der Waals surface area contributed by atoms with Gasteiger partial charge in [0.25, 0.3) is 0 Å². The van der Waals surface area contributed by atoms with Gasteiger partial charge in [-0.2, -0.15) is 0 Å². The van der Waals surface area contributed by atoms with Crippen LogP contribution in [0.15, 0.2) is 23.8 Å². The Hall–Kier alpha value is -2.10. The fraction of sp³-hybridized carbons (Fsp3) is 0.412. The lowest BCUT2D eigenvalue weighted by Gasteiger charge is -2.12. The van der Waals surface area contributed by atoms with Crippen LogP contribution in [-0.2, 0) is 19.1 Å². The summed E-state index contributed by atoms with van der Waals surface area (Å²) in [6.45, 7) is 9.50. The van der Waals surface area contributed by atoms with E-state index in [1.807, 2.05) is 32.0 Å². The summed E-state index contributed by atoms with van der Waals surface area (Å²) < 4.78 is 9.95. The first-order chi connectivity index (χ1) is 9.90. The molecule has 0 radical (unpaired) electrons. The molecule has 0 amide bonds. The molecule has 4 nitrogen and oxygen atoms in total. The van der Waals surface area contributed by atoms with Gasteiger partial charge < -0.3 is 9.47 Å². The van der Waals surface area contributed by atoms with Crippen LogP contribution in [0.4, 0.5) is 0 Å². The Kier molecular flexibility index (Phi) is 6.15. The minimum atomic E-state index is -0.646. The summed E-state index contributed by atoms with van der Waals surface area (Å²) in [4.78, 5) is 24.1. The molecule has 21 heavy (non-hydrogen) atoms. The Morgan fingerprint density at radius 2 is 1.33 bits per heavy atom. The van der Waals surface area contributed by atoms with E-state index in [2.05, 4.69) is 0 Å². The maximum Gasteiger partial charge on any atom is 0.345 e. The van der Waals surface area contributed by atoms with Gasteiger partial charge in [-0.25, -0.2) is 9.59 Å². The van der Waals surface area contributed by atoms with E-state index in [9.17, 15) is 9.59 Å². The molecule has 1 aromatic rings. The van der Waals surface area contributed by atoms with Gasteiger partial charge in [-0.3, -0.25) is 0 Å². The molecule has 0 aliphatic heterocycles. The highest BCUT2D eigenvalue weighted by molar-refractivity contribution is 6.19. The van der Waals surface area contributed by atoms with Gasteiger partial charge in [0.2, 0.25) is 0 Å². The first-order valence-electron chi connectivity index (χ1n) is 7.04. The second kappa shape index (κ2) is 7.62. The average Bonchev–Trinajstić information content (AvgIpc) is 2.38. The highest BCUT2D eigenvalue weighted by Gasteiger charge is 2.24. The third kappa shape index (κ3) is 4.45. The molecule has 0 saturated carbocycles. The molecule has 0 bridgehead atoms. The van der Waals surface area contributed by atoms with Crippen molar-refractivity contribution in [1.82, 2.24) is 0 Å². The Morgan fingerprint density at radius 1 is 0.905 bits per heavy atom. The van der Waals surface area contributed by atoms with Gasteiger partial charge in [0, 0.05) is 0 Å². The third-order valence-corrected chi connectivity index (χ3v) is 2.99. The molecule has 1 rings (SSSR count). The van der Waals surface area contributed by atoms with Crippen LogP contribution in [0.5, 0.6) is 0 Å². The topological polar surface area (TPSA) is 52.6 Å². The molecule has 0 N–H and O–H groups in total. The van der Waals surface area contributed by atoms with Crippen LogP contribution in [-0.4, -0.2) is 25.2 Å². The molecule has 0 saturated heterocycles. The largest absolute Gasteiger partial charge is 0.462 e. The molecular formula is C17H22O4. The fourth-order valence-electron chi connectivity index (χ4n) is 2.13. The van der Waals surface area contributed by atoms with Crippen molar-refractivity contribution in [3.63, 3.8) is 0 Å². The Balaban J connectivity index is 3.37. The van der Waals surface area contributed by atoms with E-state index in [1.165, 1.54) is 0 Å². The van der Waals surface area contributed by atoms with Crippen molar-refractivity contribution in [2.75, 3.05) is 13.2 Å². The smallest absolute Gasteiger partial charge is 0.345 e. The van der Waals surface area contributed by atoms with Gasteiger partial charge in [0.05, 0.1) is 13.2 Å². The SMILES string of the molecule is CCOC(=O)C(C(=O)OCC)=C(C)c1cc(C)cc(C)c1. The number of esters is 2. The van der Waals surface area contributed by atoms with E-state index in [0.29, 0.717) is 5.57 Å². The molecule has 0 spiro atoms. The number of hydrogen-bond donors (Lipinski definition) is 0. The van der Waals surface area contributed by atoms with Crippen LogP contribution in [0.3, 0.4) is 0 Å². The highest BCUT2D eigenvalue weighted by Crippen LogP contribution is 2.23. The minimum absolute atomic E-state index is 0.0382. The quantitative estimate of drug-likeness (QED) is 0.362. The molecule has 114 valence electrons. The Morgan fingerprint density at radius 3 is 1.71 bits per heavy atom. The normalized spacial score (nSPS) is 9.95. The van der Waals surface area contributed by atoms with Crippen molar-refractivity contribution < 1.29 is 19.1 Å². The van der Waals surface area contributed by atoms with Gasteiger partial charge in [-0.1, -0.05) is 29.3 Å². The van der Waals surface area contributed by atoms with E-state index in [1.54, 1.807) is 20.8 Å². The van der Waals surface area contributed by atoms with Gasteiger partial charge in [-0.05, 0) is 45.8 Å². The van der Waals surface area contributed by atoms with Crippen molar-refractivity contribution >= 4 is 17.5 Å². The summed E-state index contributed by atoms with van der Waals surface area (Å²) in [5.74, 6) is -1.29. The number of carbonyl (C=O) groups is 2. The van der Waals surface area contributed by atoms with Crippen LogP contribution in [0.2, 0.25) is 0 Å². The van der Waals surface area contributed by atoms with Gasteiger partial charge in [0.1, 0.15) is 5.57 Å². The molecule has 0 heterocycles. The van der Waals surface area contributed by atoms with Gasteiger partial charge >= 0.3 is 11.9 Å². The van der Waals surface area contributed by atoms with Crippen molar-refractivity contribution in [2.45, 2.75) is 34.6 Å². The molecular weight excluding hydrogens is 268 g/mol. The monoisotopic (exact) mass is 290 g/mol. The second-order valence-corrected chi connectivity index (χ2v) is 4.82. The molecule has 1 aromatic carbocycles. The second-order valence-electron chi connectivity index (χ2n) is 4.82. The van der Waals surface area contributed by atoms with Crippen LogP contribution in [0.1, 0.15) is 37.5 Å². The molecule has 0 aliphatic carbocycles. The first-order valence-corrected chi connectivity index (χ1v) is 7.04. The van der Waals surface area contributed by atoms with Crippen molar-refractivity contribution in [1.29, 1.82) is 0 Å². The van der Waals surface area contributed by atoms with Gasteiger partial charge in [0.15, 0.2) is 0 Å². The summed E-state index contributed by atoms with van der Waals surface area (Å²) in [5, 5.41) is 0.